The zero-order chi connectivity index (χ0) is 15.4. The second-order valence-electron chi connectivity index (χ2n) is 4.67. The van der Waals surface area contributed by atoms with Crippen molar-refractivity contribution in [3.05, 3.63) is 32.8 Å². The van der Waals surface area contributed by atoms with Gasteiger partial charge in [0.25, 0.3) is 11.6 Å². The van der Waals surface area contributed by atoms with Crippen LogP contribution in [0.4, 0.5) is 11.4 Å². The lowest BCUT2D eigenvalue weighted by Gasteiger charge is -2.13. The van der Waals surface area contributed by atoms with Crippen LogP contribution in [0.15, 0.2) is 12.1 Å². The minimum atomic E-state index is -0.536. The van der Waals surface area contributed by atoms with Crippen LogP contribution >= 0.6 is 23.4 Å². The van der Waals surface area contributed by atoms with Crippen LogP contribution in [-0.2, 0) is 0 Å². The van der Waals surface area contributed by atoms with E-state index >= 15 is 0 Å². The van der Waals surface area contributed by atoms with E-state index in [1.807, 2.05) is 6.92 Å². The Morgan fingerprint density at radius 2 is 2.33 bits per heavy atom. The van der Waals surface area contributed by atoms with E-state index in [1.54, 1.807) is 11.8 Å². The minimum absolute atomic E-state index is 0.119. The van der Waals surface area contributed by atoms with Crippen LogP contribution in [-0.4, -0.2) is 34.9 Å². The summed E-state index contributed by atoms with van der Waals surface area (Å²) in [5.74, 6) is 1.57. The predicted molar refractivity (Wildman–Crippen MR) is 85.5 cm³/mol. The van der Waals surface area contributed by atoms with Crippen molar-refractivity contribution >= 4 is 40.6 Å². The van der Waals surface area contributed by atoms with Crippen molar-refractivity contribution in [2.24, 2.45) is 0 Å². The van der Waals surface area contributed by atoms with Gasteiger partial charge >= 0.3 is 0 Å². The van der Waals surface area contributed by atoms with Crippen molar-refractivity contribution in [3.63, 3.8) is 0 Å². The quantitative estimate of drug-likeness (QED) is 0.641. The summed E-state index contributed by atoms with van der Waals surface area (Å²) in [5.41, 5.74) is 0.276. The Kier molecular flexibility index (Phi) is 5.30. The molecule has 0 bridgehead atoms. The molecule has 1 aromatic rings. The topological polar surface area (TPSA) is 84.3 Å². The van der Waals surface area contributed by atoms with Crippen LogP contribution in [0.5, 0.6) is 0 Å². The first-order valence-corrected chi connectivity index (χ1v) is 8.16. The summed E-state index contributed by atoms with van der Waals surface area (Å²) >= 11 is 7.85. The fourth-order valence-electron chi connectivity index (χ4n) is 2.14. The zero-order valence-corrected chi connectivity index (χ0v) is 13.1. The molecular weight excluding hydrogens is 314 g/mol. The smallest absolute Gasteiger partial charge is 0.294 e. The molecule has 2 N–H and O–H groups in total. The molecule has 1 unspecified atom stereocenters. The number of anilines is 1. The molecule has 0 aromatic heterocycles. The van der Waals surface area contributed by atoms with Gasteiger partial charge in [-0.25, -0.2) is 0 Å². The van der Waals surface area contributed by atoms with Crippen LogP contribution in [0.1, 0.15) is 23.7 Å². The van der Waals surface area contributed by atoms with Crippen molar-refractivity contribution < 1.29 is 9.72 Å². The molecule has 1 aromatic carbocycles. The van der Waals surface area contributed by atoms with E-state index < -0.39 is 4.92 Å². The SMILES string of the molecule is CCNc1c(Cl)cc(C(=O)NC2CCSC2)cc1[N+](=O)[O-]. The van der Waals surface area contributed by atoms with Crippen LogP contribution < -0.4 is 10.6 Å². The summed E-state index contributed by atoms with van der Waals surface area (Å²) in [6.45, 7) is 2.32. The maximum absolute atomic E-state index is 12.2. The van der Waals surface area contributed by atoms with E-state index in [-0.39, 0.29) is 33.9 Å². The van der Waals surface area contributed by atoms with Crippen molar-refractivity contribution in [1.29, 1.82) is 0 Å². The van der Waals surface area contributed by atoms with Crippen LogP contribution in [0.25, 0.3) is 0 Å². The normalized spacial score (nSPS) is 17.5. The largest absolute Gasteiger partial charge is 0.379 e. The highest BCUT2D eigenvalue weighted by Crippen LogP contribution is 2.33. The van der Waals surface area contributed by atoms with Crippen LogP contribution in [0, 0.1) is 10.1 Å². The van der Waals surface area contributed by atoms with Gasteiger partial charge in [0.1, 0.15) is 5.69 Å². The van der Waals surface area contributed by atoms with E-state index in [0.29, 0.717) is 6.54 Å². The molecule has 1 heterocycles. The van der Waals surface area contributed by atoms with Gasteiger partial charge in [-0.1, -0.05) is 11.6 Å². The Morgan fingerprint density at radius 3 is 2.90 bits per heavy atom. The number of rotatable bonds is 5. The second kappa shape index (κ2) is 7.00. The summed E-state index contributed by atoms with van der Waals surface area (Å²) in [6, 6.07) is 2.85. The molecule has 1 amide bonds. The molecule has 0 spiro atoms. The van der Waals surface area contributed by atoms with Gasteiger partial charge in [0.05, 0.1) is 9.95 Å². The first-order chi connectivity index (χ1) is 10.0. The maximum atomic E-state index is 12.2. The van der Waals surface area contributed by atoms with Crippen LogP contribution in [0.3, 0.4) is 0 Å². The van der Waals surface area contributed by atoms with Gasteiger partial charge in [0.2, 0.25) is 0 Å². The van der Waals surface area contributed by atoms with Gasteiger partial charge in [-0.2, -0.15) is 11.8 Å². The molecule has 1 atom stereocenters. The first-order valence-electron chi connectivity index (χ1n) is 6.63. The maximum Gasteiger partial charge on any atom is 0.294 e. The van der Waals surface area contributed by atoms with Crippen LogP contribution in [0.2, 0.25) is 5.02 Å². The number of carbonyl (C=O) groups excluding carboxylic acids is 1. The third kappa shape index (κ3) is 3.79. The molecule has 114 valence electrons. The number of benzene rings is 1. The van der Waals surface area contributed by atoms with E-state index in [0.717, 1.165) is 17.9 Å². The number of nitro groups is 1. The Hall–Kier alpha value is -1.47. The molecule has 1 saturated heterocycles. The molecule has 6 nitrogen and oxygen atoms in total. The second-order valence-corrected chi connectivity index (χ2v) is 6.23. The summed E-state index contributed by atoms with van der Waals surface area (Å²) in [7, 11) is 0. The van der Waals surface area contributed by atoms with E-state index in [9.17, 15) is 14.9 Å². The number of thioether (sulfide) groups is 1. The Labute approximate surface area is 131 Å². The number of amides is 1. The first kappa shape index (κ1) is 15.9. The average Bonchev–Trinajstić information content (AvgIpc) is 2.93. The van der Waals surface area contributed by atoms with E-state index in [1.165, 1.54) is 12.1 Å². The molecule has 1 aliphatic heterocycles. The Bertz CT molecular complexity index is 562. The monoisotopic (exact) mass is 329 g/mol. The number of hydrogen-bond donors (Lipinski definition) is 2. The number of nitro benzene ring substituents is 1. The van der Waals surface area contributed by atoms with Gasteiger partial charge in [-0.3, -0.25) is 14.9 Å². The number of nitrogens with one attached hydrogen (secondary N) is 2. The molecule has 0 aliphatic carbocycles. The molecular formula is C13H16ClN3O3S. The third-order valence-electron chi connectivity index (χ3n) is 3.15. The number of carbonyl (C=O) groups is 1. The van der Waals surface area contributed by atoms with Crippen molar-refractivity contribution in [3.8, 4) is 0 Å². The minimum Gasteiger partial charge on any atom is -0.379 e. The van der Waals surface area contributed by atoms with E-state index in [2.05, 4.69) is 10.6 Å². The highest BCUT2D eigenvalue weighted by atomic mass is 35.5. The van der Waals surface area contributed by atoms with Crippen molar-refractivity contribution in [2.75, 3.05) is 23.4 Å². The summed E-state index contributed by atoms with van der Waals surface area (Å²) in [4.78, 5) is 22.8. The molecule has 0 radical (unpaired) electrons. The Balaban J connectivity index is 2.27. The number of halogens is 1. The molecule has 1 aliphatic rings. The van der Waals surface area contributed by atoms with E-state index in [4.69, 9.17) is 11.6 Å². The lowest BCUT2D eigenvalue weighted by atomic mass is 10.1. The lowest BCUT2D eigenvalue weighted by Crippen LogP contribution is -2.34. The van der Waals surface area contributed by atoms with Gasteiger partial charge in [-0.05, 0) is 25.2 Å². The molecule has 0 saturated carbocycles. The fraction of sp³-hybridized carbons (Fsp3) is 0.462. The summed E-state index contributed by atoms with van der Waals surface area (Å²) in [6.07, 6.45) is 0.918. The fourth-order valence-corrected chi connectivity index (χ4v) is 3.57. The molecule has 21 heavy (non-hydrogen) atoms. The molecule has 1 fully saturated rings. The third-order valence-corrected chi connectivity index (χ3v) is 4.61. The Morgan fingerprint density at radius 1 is 1.57 bits per heavy atom. The predicted octanol–water partition coefficient (Wildman–Crippen LogP) is 2.92. The lowest BCUT2D eigenvalue weighted by molar-refractivity contribution is -0.384. The molecule has 2 rings (SSSR count). The van der Waals surface area contributed by atoms with Gasteiger partial charge in [0, 0.05) is 30.0 Å². The average molecular weight is 330 g/mol. The highest BCUT2D eigenvalue weighted by molar-refractivity contribution is 7.99. The van der Waals surface area contributed by atoms with Crippen molar-refractivity contribution in [2.45, 2.75) is 19.4 Å². The van der Waals surface area contributed by atoms with Crippen molar-refractivity contribution in [1.82, 2.24) is 5.32 Å². The standard InChI is InChI=1S/C13H16ClN3O3S/c1-2-15-12-10(14)5-8(6-11(12)17(19)20)13(18)16-9-3-4-21-7-9/h5-6,9,15H,2-4,7H2,1H3,(H,16,18). The summed E-state index contributed by atoms with van der Waals surface area (Å²) < 4.78 is 0. The molecule has 8 heteroatoms. The number of hydrogen-bond acceptors (Lipinski definition) is 5. The number of nitrogens with zero attached hydrogens (tertiary/aromatic N) is 1. The summed E-state index contributed by atoms with van der Waals surface area (Å²) in [5, 5.41) is 17.1. The van der Waals surface area contributed by atoms with Gasteiger partial charge < -0.3 is 10.6 Å². The zero-order valence-electron chi connectivity index (χ0n) is 11.5. The van der Waals surface area contributed by atoms with Gasteiger partial charge in [0.15, 0.2) is 0 Å². The highest BCUT2D eigenvalue weighted by Gasteiger charge is 2.23. The van der Waals surface area contributed by atoms with Gasteiger partial charge in [-0.15, -0.1) is 0 Å².